The van der Waals surface area contributed by atoms with Gasteiger partial charge in [0.05, 0.1) is 13.7 Å². The Morgan fingerprint density at radius 2 is 1.88 bits per heavy atom. The molecule has 1 unspecified atom stereocenters. The number of methoxy groups -OCH3 is 1. The number of nitrogens with one attached hydrogen (secondary N) is 2. The van der Waals surface area contributed by atoms with Gasteiger partial charge < -0.3 is 14.8 Å². The van der Waals surface area contributed by atoms with Crippen LogP contribution in [0.4, 0.5) is 0 Å². The Kier molecular flexibility index (Phi) is 8.78. The third-order valence-corrected chi connectivity index (χ3v) is 3.52. The fourth-order valence-corrected chi connectivity index (χ4v) is 2.25. The molecule has 1 amide bonds. The average molecular weight is 352 g/mol. The highest BCUT2D eigenvalue weighted by molar-refractivity contribution is 7.80. The molecular weight excluding hydrogens is 328 g/mol. The third kappa shape index (κ3) is 6.54. The molecule has 6 nitrogen and oxygen atoms in total. The van der Waals surface area contributed by atoms with Crippen LogP contribution in [0.3, 0.4) is 0 Å². The number of carbonyl (C=O) groups excluding carboxylic acids is 2. The number of benzene rings is 1. The summed E-state index contributed by atoms with van der Waals surface area (Å²) < 4.78 is 10.1. The van der Waals surface area contributed by atoms with Gasteiger partial charge in [0.1, 0.15) is 11.8 Å². The summed E-state index contributed by atoms with van der Waals surface area (Å²) in [6, 6.07) is 6.09. The van der Waals surface area contributed by atoms with Gasteiger partial charge in [-0.1, -0.05) is 19.8 Å². The summed E-state index contributed by atoms with van der Waals surface area (Å²) in [5.74, 6) is -0.0607. The van der Waals surface area contributed by atoms with E-state index in [4.69, 9.17) is 21.7 Å². The lowest BCUT2D eigenvalue weighted by molar-refractivity contribution is -0.145. The van der Waals surface area contributed by atoms with Crippen molar-refractivity contribution < 1.29 is 19.1 Å². The van der Waals surface area contributed by atoms with E-state index in [1.807, 2.05) is 6.92 Å². The van der Waals surface area contributed by atoms with Gasteiger partial charge in [0.25, 0.3) is 5.91 Å². The van der Waals surface area contributed by atoms with Crippen molar-refractivity contribution in [2.45, 2.75) is 39.2 Å². The Hall–Kier alpha value is -2.15. The zero-order chi connectivity index (χ0) is 17.9. The van der Waals surface area contributed by atoms with Gasteiger partial charge in [-0.25, -0.2) is 4.79 Å². The van der Waals surface area contributed by atoms with E-state index in [9.17, 15) is 9.59 Å². The van der Waals surface area contributed by atoms with Crippen molar-refractivity contribution in [1.29, 1.82) is 0 Å². The van der Waals surface area contributed by atoms with Crippen LogP contribution in [0, 0.1) is 0 Å². The van der Waals surface area contributed by atoms with Crippen LogP contribution in [0.2, 0.25) is 0 Å². The van der Waals surface area contributed by atoms with Crippen LogP contribution in [0.1, 0.15) is 43.5 Å². The van der Waals surface area contributed by atoms with Crippen LogP contribution in [0.5, 0.6) is 5.75 Å². The number of esters is 1. The number of amides is 1. The molecule has 0 aromatic heterocycles. The highest BCUT2D eigenvalue weighted by Crippen LogP contribution is 2.11. The fraction of sp³-hybridized carbons (Fsp3) is 0.471. The van der Waals surface area contributed by atoms with E-state index in [0.29, 0.717) is 24.3 Å². The standard InChI is InChI=1S/C17H24N2O4S/c1-4-6-7-14(16(21)23-5-2)18-17(24)19-15(20)12-8-10-13(22-3)11-9-12/h8-11,14H,4-7H2,1-3H3,(H2,18,19,20,24). The second-order valence-electron chi connectivity index (χ2n) is 5.10. The molecule has 1 rings (SSSR count). The molecule has 0 aliphatic rings. The van der Waals surface area contributed by atoms with Gasteiger partial charge in [0, 0.05) is 5.56 Å². The van der Waals surface area contributed by atoms with Crippen LogP contribution in [-0.4, -0.2) is 36.7 Å². The molecule has 0 aliphatic carbocycles. The fourth-order valence-electron chi connectivity index (χ4n) is 2.01. The topological polar surface area (TPSA) is 76.7 Å². The summed E-state index contributed by atoms with van der Waals surface area (Å²) in [5, 5.41) is 5.53. The lowest BCUT2D eigenvalue weighted by atomic mass is 10.1. The lowest BCUT2D eigenvalue weighted by Gasteiger charge is -2.19. The summed E-state index contributed by atoms with van der Waals surface area (Å²) >= 11 is 5.13. The molecule has 0 aliphatic heterocycles. The Balaban J connectivity index is 2.62. The lowest BCUT2D eigenvalue weighted by Crippen LogP contribution is -2.48. The number of rotatable bonds is 8. The molecule has 24 heavy (non-hydrogen) atoms. The maximum atomic E-state index is 12.2. The van der Waals surface area contributed by atoms with Gasteiger partial charge in [-0.05, 0) is 49.8 Å². The van der Waals surface area contributed by atoms with Crippen LogP contribution >= 0.6 is 12.2 Å². The molecule has 0 spiro atoms. The molecule has 1 aromatic rings. The Labute approximate surface area is 147 Å². The first-order valence-corrected chi connectivity index (χ1v) is 8.35. The van der Waals surface area contributed by atoms with Gasteiger partial charge in [-0.15, -0.1) is 0 Å². The van der Waals surface area contributed by atoms with Crippen LogP contribution < -0.4 is 15.4 Å². The first-order chi connectivity index (χ1) is 11.5. The van der Waals surface area contributed by atoms with Crippen molar-refractivity contribution in [2.24, 2.45) is 0 Å². The van der Waals surface area contributed by atoms with Crippen molar-refractivity contribution in [3.8, 4) is 5.75 Å². The highest BCUT2D eigenvalue weighted by Gasteiger charge is 2.20. The summed E-state index contributed by atoms with van der Waals surface area (Å²) in [7, 11) is 1.56. The van der Waals surface area contributed by atoms with Crippen LogP contribution in [0.25, 0.3) is 0 Å². The minimum Gasteiger partial charge on any atom is -0.497 e. The van der Waals surface area contributed by atoms with E-state index in [-0.39, 0.29) is 17.0 Å². The van der Waals surface area contributed by atoms with Crippen molar-refractivity contribution in [1.82, 2.24) is 10.6 Å². The second kappa shape index (κ2) is 10.6. The Morgan fingerprint density at radius 3 is 2.42 bits per heavy atom. The smallest absolute Gasteiger partial charge is 0.328 e. The van der Waals surface area contributed by atoms with Crippen LogP contribution in [-0.2, 0) is 9.53 Å². The van der Waals surface area contributed by atoms with Gasteiger partial charge in [-0.2, -0.15) is 0 Å². The number of unbranched alkanes of at least 4 members (excludes halogenated alkanes) is 1. The minimum atomic E-state index is -0.562. The van der Waals surface area contributed by atoms with E-state index in [1.54, 1.807) is 38.3 Å². The number of hydrogen-bond donors (Lipinski definition) is 2. The summed E-state index contributed by atoms with van der Waals surface area (Å²) in [6.07, 6.45) is 2.39. The predicted octanol–water partition coefficient (Wildman–Crippen LogP) is 2.42. The molecule has 1 atom stereocenters. The van der Waals surface area contributed by atoms with Crippen molar-refractivity contribution >= 4 is 29.2 Å². The second-order valence-corrected chi connectivity index (χ2v) is 5.51. The number of hydrogen-bond acceptors (Lipinski definition) is 5. The zero-order valence-electron chi connectivity index (χ0n) is 14.3. The van der Waals surface area contributed by atoms with Crippen molar-refractivity contribution in [3.63, 3.8) is 0 Å². The molecule has 2 N–H and O–H groups in total. The Bertz CT molecular complexity index is 560. The first kappa shape index (κ1) is 19.9. The molecule has 0 saturated carbocycles. The normalized spacial score (nSPS) is 11.3. The summed E-state index contributed by atoms with van der Waals surface area (Å²) in [6.45, 7) is 4.08. The largest absolute Gasteiger partial charge is 0.497 e. The maximum absolute atomic E-state index is 12.2. The average Bonchev–Trinajstić information content (AvgIpc) is 2.58. The SMILES string of the molecule is CCCCC(NC(=S)NC(=O)c1ccc(OC)cc1)C(=O)OCC. The van der Waals surface area contributed by atoms with Gasteiger partial charge in [-0.3, -0.25) is 10.1 Å². The number of thiocarbonyl (C=S) groups is 1. The molecule has 0 fully saturated rings. The van der Waals surface area contributed by atoms with E-state index in [2.05, 4.69) is 10.6 Å². The zero-order valence-corrected chi connectivity index (χ0v) is 15.1. The van der Waals surface area contributed by atoms with E-state index in [0.717, 1.165) is 12.8 Å². The Morgan fingerprint density at radius 1 is 1.21 bits per heavy atom. The predicted molar refractivity (Wildman–Crippen MR) is 96.1 cm³/mol. The molecule has 0 bridgehead atoms. The van der Waals surface area contributed by atoms with E-state index in [1.165, 1.54) is 0 Å². The molecule has 0 saturated heterocycles. The number of ether oxygens (including phenoxy) is 2. The summed E-state index contributed by atoms with van der Waals surface area (Å²) in [4.78, 5) is 24.1. The maximum Gasteiger partial charge on any atom is 0.328 e. The molecular formula is C17H24N2O4S. The van der Waals surface area contributed by atoms with E-state index >= 15 is 0 Å². The van der Waals surface area contributed by atoms with Crippen LogP contribution in [0.15, 0.2) is 24.3 Å². The monoisotopic (exact) mass is 352 g/mol. The van der Waals surface area contributed by atoms with Gasteiger partial charge in [0.2, 0.25) is 0 Å². The first-order valence-electron chi connectivity index (χ1n) is 7.94. The summed E-state index contributed by atoms with van der Waals surface area (Å²) in [5.41, 5.74) is 0.446. The third-order valence-electron chi connectivity index (χ3n) is 3.30. The van der Waals surface area contributed by atoms with Gasteiger partial charge in [0.15, 0.2) is 5.11 Å². The van der Waals surface area contributed by atoms with E-state index < -0.39 is 6.04 Å². The van der Waals surface area contributed by atoms with Crippen molar-refractivity contribution in [3.05, 3.63) is 29.8 Å². The molecule has 0 heterocycles. The highest BCUT2D eigenvalue weighted by atomic mass is 32.1. The van der Waals surface area contributed by atoms with Gasteiger partial charge >= 0.3 is 5.97 Å². The number of carbonyl (C=O) groups is 2. The molecule has 132 valence electrons. The quantitative estimate of drug-likeness (QED) is 0.553. The molecule has 0 radical (unpaired) electrons. The molecule has 7 heteroatoms. The van der Waals surface area contributed by atoms with Crippen molar-refractivity contribution in [2.75, 3.05) is 13.7 Å². The molecule has 1 aromatic carbocycles. The minimum absolute atomic E-state index is 0.102.